The SMILES string of the molecule is CCN(CC)C(=O)CSc1nnc(NCc2ccc(OC)cc2)s1. The van der Waals surface area contributed by atoms with Crippen molar-refractivity contribution < 1.29 is 9.53 Å². The van der Waals surface area contributed by atoms with Crippen LogP contribution in [-0.2, 0) is 11.3 Å². The molecular weight excluding hydrogens is 344 g/mol. The van der Waals surface area contributed by atoms with Gasteiger partial charge in [0.2, 0.25) is 11.0 Å². The van der Waals surface area contributed by atoms with Gasteiger partial charge in [-0.05, 0) is 31.5 Å². The van der Waals surface area contributed by atoms with Gasteiger partial charge >= 0.3 is 0 Å². The van der Waals surface area contributed by atoms with Crippen LogP contribution in [0.15, 0.2) is 28.6 Å². The molecule has 130 valence electrons. The van der Waals surface area contributed by atoms with Gasteiger partial charge in [0.25, 0.3) is 0 Å². The molecule has 0 aliphatic carbocycles. The third kappa shape index (κ3) is 5.38. The summed E-state index contributed by atoms with van der Waals surface area (Å²) in [6, 6.07) is 7.87. The largest absolute Gasteiger partial charge is 0.497 e. The second kappa shape index (κ2) is 9.48. The average Bonchev–Trinajstić information content (AvgIpc) is 3.07. The summed E-state index contributed by atoms with van der Waals surface area (Å²) in [5.74, 6) is 1.37. The van der Waals surface area contributed by atoms with Crippen molar-refractivity contribution in [3.8, 4) is 5.75 Å². The molecule has 8 heteroatoms. The van der Waals surface area contributed by atoms with Crippen LogP contribution in [0.4, 0.5) is 5.13 Å². The summed E-state index contributed by atoms with van der Waals surface area (Å²) in [6.45, 7) is 6.11. The first-order valence-corrected chi connectivity index (χ1v) is 9.57. The van der Waals surface area contributed by atoms with Crippen LogP contribution < -0.4 is 10.1 Å². The average molecular weight is 367 g/mol. The maximum absolute atomic E-state index is 12.0. The Kier molecular flexibility index (Phi) is 7.33. The topological polar surface area (TPSA) is 67.4 Å². The van der Waals surface area contributed by atoms with E-state index in [9.17, 15) is 4.79 Å². The lowest BCUT2D eigenvalue weighted by molar-refractivity contribution is -0.127. The minimum Gasteiger partial charge on any atom is -0.497 e. The molecule has 0 aliphatic heterocycles. The summed E-state index contributed by atoms with van der Waals surface area (Å²) >= 11 is 2.90. The number of hydrogen-bond donors (Lipinski definition) is 1. The van der Waals surface area contributed by atoms with Crippen LogP contribution >= 0.6 is 23.1 Å². The Labute approximate surface area is 150 Å². The van der Waals surface area contributed by atoms with Gasteiger partial charge < -0.3 is 15.0 Å². The number of methoxy groups -OCH3 is 1. The minimum absolute atomic E-state index is 0.132. The molecule has 24 heavy (non-hydrogen) atoms. The summed E-state index contributed by atoms with van der Waals surface area (Å²) in [4.78, 5) is 13.8. The maximum Gasteiger partial charge on any atom is 0.233 e. The Bertz CT molecular complexity index is 642. The summed E-state index contributed by atoms with van der Waals surface area (Å²) in [5, 5.41) is 12.2. The number of thioether (sulfide) groups is 1. The molecular formula is C16H22N4O2S2. The highest BCUT2D eigenvalue weighted by atomic mass is 32.2. The molecule has 1 amide bonds. The van der Waals surface area contributed by atoms with Gasteiger partial charge in [-0.3, -0.25) is 4.79 Å². The number of anilines is 1. The number of amides is 1. The number of carbonyl (C=O) groups is 1. The van der Waals surface area contributed by atoms with E-state index in [0.29, 0.717) is 12.3 Å². The second-order valence-corrected chi connectivity index (χ2v) is 7.13. The highest BCUT2D eigenvalue weighted by molar-refractivity contribution is 8.01. The molecule has 0 saturated carbocycles. The normalized spacial score (nSPS) is 10.5. The van der Waals surface area contributed by atoms with Crippen LogP contribution in [0.5, 0.6) is 5.75 Å². The van der Waals surface area contributed by atoms with Gasteiger partial charge in [0.1, 0.15) is 5.75 Å². The van der Waals surface area contributed by atoms with Gasteiger partial charge in [0, 0.05) is 19.6 Å². The molecule has 0 aliphatic rings. The molecule has 1 heterocycles. The van der Waals surface area contributed by atoms with Crippen LogP contribution in [-0.4, -0.2) is 47.0 Å². The highest BCUT2D eigenvalue weighted by Crippen LogP contribution is 2.26. The van der Waals surface area contributed by atoms with Crippen LogP contribution in [0.3, 0.4) is 0 Å². The van der Waals surface area contributed by atoms with Crippen molar-refractivity contribution in [3.05, 3.63) is 29.8 Å². The molecule has 1 aromatic heterocycles. The fraction of sp³-hybridized carbons (Fsp3) is 0.438. The molecule has 6 nitrogen and oxygen atoms in total. The van der Waals surface area contributed by atoms with Crippen molar-refractivity contribution in [3.63, 3.8) is 0 Å². The van der Waals surface area contributed by atoms with Gasteiger partial charge in [0.15, 0.2) is 4.34 Å². The van der Waals surface area contributed by atoms with Gasteiger partial charge in [0.05, 0.1) is 12.9 Å². The Morgan fingerprint density at radius 1 is 1.25 bits per heavy atom. The van der Waals surface area contributed by atoms with Gasteiger partial charge in [-0.25, -0.2) is 0 Å². The summed E-state index contributed by atoms with van der Waals surface area (Å²) in [7, 11) is 1.65. The standard InChI is InChI=1S/C16H22N4O2S2/c1-4-20(5-2)14(21)11-23-16-19-18-15(24-16)17-10-12-6-8-13(22-3)9-7-12/h6-9H,4-5,10-11H2,1-3H3,(H,17,18). The fourth-order valence-corrected chi connectivity index (χ4v) is 3.70. The predicted octanol–water partition coefficient (Wildman–Crippen LogP) is 3.12. The number of rotatable bonds is 9. The molecule has 1 N–H and O–H groups in total. The van der Waals surface area contributed by atoms with E-state index < -0.39 is 0 Å². The lowest BCUT2D eigenvalue weighted by Crippen LogP contribution is -2.31. The Morgan fingerprint density at radius 2 is 1.96 bits per heavy atom. The van der Waals surface area contributed by atoms with E-state index >= 15 is 0 Å². The molecule has 0 fully saturated rings. The van der Waals surface area contributed by atoms with Crippen LogP contribution in [0.1, 0.15) is 19.4 Å². The molecule has 2 rings (SSSR count). The quantitative estimate of drug-likeness (QED) is 0.688. The number of nitrogens with zero attached hydrogens (tertiary/aromatic N) is 3. The van der Waals surface area contributed by atoms with E-state index in [1.54, 1.807) is 7.11 Å². The smallest absolute Gasteiger partial charge is 0.233 e. The number of nitrogens with one attached hydrogen (secondary N) is 1. The van der Waals surface area contributed by atoms with E-state index in [4.69, 9.17) is 4.74 Å². The first-order chi connectivity index (χ1) is 11.7. The minimum atomic E-state index is 0.132. The van der Waals surface area contributed by atoms with Crippen molar-refractivity contribution in [2.24, 2.45) is 0 Å². The lowest BCUT2D eigenvalue weighted by atomic mass is 10.2. The Balaban J connectivity index is 1.81. The van der Waals surface area contributed by atoms with Gasteiger partial charge in [-0.1, -0.05) is 35.2 Å². The number of benzene rings is 1. The highest BCUT2D eigenvalue weighted by Gasteiger charge is 2.12. The summed E-state index contributed by atoms with van der Waals surface area (Å²) < 4.78 is 5.94. The molecule has 2 aromatic rings. The van der Waals surface area contributed by atoms with Crippen molar-refractivity contribution >= 4 is 34.1 Å². The molecule has 0 radical (unpaired) electrons. The molecule has 0 bridgehead atoms. The zero-order valence-corrected chi connectivity index (χ0v) is 15.7. The number of aromatic nitrogens is 2. The third-order valence-electron chi connectivity index (χ3n) is 3.44. The van der Waals surface area contributed by atoms with E-state index in [0.717, 1.165) is 33.9 Å². The summed E-state index contributed by atoms with van der Waals surface area (Å²) in [5.41, 5.74) is 1.14. The zero-order chi connectivity index (χ0) is 17.4. The van der Waals surface area contributed by atoms with Crippen molar-refractivity contribution in [1.82, 2.24) is 15.1 Å². The molecule has 0 atom stereocenters. The number of hydrogen-bond acceptors (Lipinski definition) is 7. The van der Waals surface area contributed by atoms with Gasteiger partial charge in [-0.15, -0.1) is 10.2 Å². The van der Waals surface area contributed by atoms with E-state index in [2.05, 4.69) is 15.5 Å². The van der Waals surface area contributed by atoms with Crippen LogP contribution in [0.2, 0.25) is 0 Å². The van der Waals surface area contributed by atoms with Crippen LogP contribution in [0.25, 0.3) is 0 Å². The maximum atomic E-state index is 12.0. The Morgan fingerprint density at radius 3 is 2.58 bits per heavy atom. The number of ether oxygens (including phenoxy) is 1. The fourth-order valence-electron chi connectivity index (χ4n) is 2.05. The second-order valence-electron chi connectivity index (χ2n) is 4.93. The first kappa shape index (κ1) is 18.5. The first-order valence-electron chi connectivity index (χ1n) is 7.77. The van der Waals surface area contributed by atoms with Crippen molar-refractivity contribution in [2.45, 2.75) is 24.7 Å². The Hall–Kier alpha value is -1.80. The lowest BCUT2D eigenvalue weighted by Gasteiger charge is -2.17. The number of carbonyl (C=O) groups excluding carboxylic acids is 1. The molecule has 0 unspecified atom stereocenters. The third-order valence-corrected chi connectivity index (χ3v) is 5.44. The van der Waals surface area contributed by atoms with E-state index in [1.165, 1.54) is 23.1 Å². The molecule has 0 spiro atoms. The molecule has 1 aromatic carbocycles. The van der Waals surface area contributed by atoms with E-state index in [-0.39, 0.29) is 5.91 Å². The monoisotopic (exact) mass is 366 g/mol. The predicted molar refractivity (Wildman–Crippen MR) is 98.9 cm³/mol. The van der Waals surface area contributed by atoms with E-state index in [1.807, 2.05) is 43.0 Å². The molecule has 0 saturated heterocycles. The van der Waals surface area contributed by atoms with Crippen molar-refractivity contribution in [2.75, 3.05) is 31.3 Å². The van der Waals surface area contributed by atoms with Crippen LogP contribution in [0, 0.1) is 0 Å². The van der Waals surface area contributed by atoms with Gasteiger partial charge in [-0.2, -0.15) is 0 Å². The zero-order valence-electron chi connectivity index (χ0n) is 14.1. The summed E-state index contributed by atoms with van der Waals surface area (Å²) in [6.07, 6.45) is 0. The van der Waals surface area contributed by atoms with Crippen molar-refractivity contribution in [1.29, 1.82) is 0 Å².